The third-order valence-electron chi connectivity index (χ3n) is 4.59. The molecule has 4 heteroatoms. The van der Waals surface area contributed by atoms with Crippen LogP contribution in [0.4, 0.5) is 0 Å². The standard InChI is InChI=1S/C20H27N3O/c1-15-13-18(21-23(15)16-9-6-5-7-10-16)19(24)22-12-8-11-17(22)14-20(2,3)4/h5-7,9-10,13,17H,8,11-12,14H2,1-4H3. The Hall–Kier alpha value is -2.10. The Bertz CT molecular complexity index is 712. The van der Waals surface area contributed by atoms with E-state index in [9.17, 15) is 4.79 Å². The normalized spacial score (nSPS) is 18.2. The van der Waals surface area contributed by atoms with Crippen molar-refractivity contribution in [3.8, 4) is 5.69 Å². The molecule has 2 heterocycles. The molecule has 3 rings (SSSR count). The van der Waals surface area contributed by atoms with E-state index in [-0.39, 0.29) is 11.3 Å². The van der Waals surface area contributed by atoms with E-state index in [4.69, 9.17) is 0 Å². The first kappa shape index (κ1) is 16.7. The molecule has 24 heavy (non-hydrogen) atoms. The van der Waals surface area contributed by atoms with Crippen molar-refractivity contribution in [3.05, 3.63) is 47.8 Å². The predicted molar refractivity (Wildman–Crippen MR) is 96.4 cm³/mol. The molecule has 1 atom stereocenters. The van der Waals surface area contributed by atoms with E-state index in [1.54, 1.807) is 0 Å². The molecule has 1 amide bonds. The third kappa shape index (κ3) is 3.53. The number of para-hydroxylation sites is 1. The maximum absolute atomic E-state index is 13.0. The van der Waals surface area contributed by atoms with Crippen LogP contribution >= 0.6 is 0 Å². The molecule has 1 aliphatic rings. The molecule has 128 valence electrons. The second-order valence-corrected chi connectivity index (χ2v) is 7.98. The van der Waals surface area contributed by atoms with Gasteiger partial charge in [0.25, 0.3) is 5.91 Å². The van der Waals surface area contributed by atoms with E-state index in [0.29, 0.717) is 11.7 Å². The summed E-state index contributed by atoms with van der Waals surface area (Å²) in [7, 11) is 0. The van der Waals surface area contributed by atoms with Crippen LogP contribution in [0.1, 0.15) is 56.2 Å². The van der Waals surface area contributed by atoms with Crippen LogP contribution in [0.5, 0.6) is 0 Å². The largest absolute Gasteiger partial charge is 0.334 e. The lowest BCUT2D eigenvalue weighted by Crippen LogP contribution is -2.38. The van der Waals surface area contributed by atoms with Crippen molar-refractivity contribution in [3.63, 3.8) is 0 Å². The van der Waals surface area contributed by atoms with Crippen molar-refractivity contribution in [1.29, 1.82) is 0 Å². The van der Waals surface area contributed by atoms with Gasteiger partial charge in [0.1, 0.15) is 0 Å². The van der Waals surface area contributed by atoms with E-state index in [1.807, 2.05) is 52.9 Å². The first-order valence-electron chi connectivity index (χ1n) is 8.78. The average molecular weight is 325 g/mol. The summed E-state index contributed by atoms with van der Waals surface area (Å²) in [5.74, 6) is 0.0690. The highest BCUT2D eigenvalue weighted by Crippen LogP contribution is 2.30. The summed E-state index contributed by atoms with van der Waals surface area (Å²) in [6.07, 6.45) is 3.23. The Balaban J connectivity index is 1.83. The van der Waals surface area contributed by atoms with E-state index in [0.717, 1.165) is 37.2 Å². The first-order valence-corrected chi connectivity index (χ1v) is 8.78. The summed E-state index contributed by atoms with van der Waals surface area (Å²) < 4.78 is 1.85. The molecule has 1 fully saturated rings. The lowest BCUT2D eigenvalue weighted by molar-refractivity contribution is 0.0697. The number of hydrogen-bond donors (Lipinski definition) is 0. The van der Waals surface area contributed by atoms with Crippen molar-refractivity contribution >= 4 is 5.91 Å². The van der Waals surface area contributed by atoms with Crippen molar-refractivity contribution in [1.82, 2.24) is 14.7 Å². The Morgan fingerprint density at radius 3 is 2.62 bits per heavy atom. The maximum atomic E-state index is 13.0. The van der Waals surface area contributed by atoms with Gasteiger partial charge in [-0.1, -0.05) is 39.0 Å². The highest BCUT2D eigenvalue weighted by atomic mass is 16.2. The predicted octanol–water partition coefficient (Wildman–Crippen LogP) is 4.22. The van der Waals surface area contributed by atoms with Crippen LogP contribution in [0.3, 0.4) is 0 Å². The lowest BCUT2D eigenvalue weighted by Gasteiger charge is -2.30. The van der Waals surface area contributed by atoms with Crippen LogP contribution in [0.25, 0.3) is 5.69 Å². The third-order valence-corrected chi connectivity index (χ3v) is 4.59. The number of carbonyl (C=O) groups is 1. The molecule has 0 N–H and O–H groups in total. The second kappa shape index (κ2) is 6.42. The molecule has 1 aromatic heterocycles. The monoisotopic (exact) mass is 325 g/mol. The number of hydrogen-bond acceptors (Lipinski definition) is 2. The van der Waals surface area contributed by atoms with E-state index < -0.39 is 0 Å². The van der Waals surface area contributed by atoms with Gasteiger partial charge in [-0.15, -0.1) is 0 Å². The summed E-state index contributed by atoms with van der Waals surface area (Å²) in [6.45, 7) is 9.55. The van der Waals surface area contributed by atoms with Gasteiger partial charge in [-0.3, -0.25) is 4.79 Å². The van der Waals surface area contributed by atoms with Gasteiger partial charge >= 0.3 is 0 Å². The zero-order valence-corrected chi connectivity index (χ0v) is 15.1. The maximum Gasteiger partial charge on any atom is 0.274 e. The zero-order chi connectivity index (χ0) is 17.3. The van der Waals surface area contributed by atoms with Crippen molar-refractivity contribution in [2.24, 2.45) is 5.41 Å². The van der Waals surface area contributed by atoms with E-state index in [2.05, 4.69) is 25.9 Å². The summed E-state index contributed by atoms with van der Waals surface area (Å²) in [5.41, 5.74) is 2.75. The van der Waals surface area contributed by atoms with Crippen molar-refractivity contribution < 1.29 is 4.79 Å². The van der Waals surface area contributed by atoms with E-state index >= 15 is 0 Å². The smallest absolute Gasteiger partial charge is 0.274 e. The summed E-state index contributed by atoms with van der Waals surface area (Å²) in [5, 5.41) is 4.58. The molecule has 1 unspecified atom stereocenters. The van der Waals surface area contributed by atoms with E-state index in [1.165, 1.54) is 0 Å². The minimum Gasteiger partial charge on any atom is -0.334 e. The van der Waals surface area contributed by atoms with Gasteiger partial charge in [-0.05, 0) is 49.8 Å². The number of benzene rings is 1. The van der Waals surface area contributed by atoms with Crippen LogP contribution in [-0.4, -0.2) is 33.2 Å². The van der Waals surface area contributed by atoms with Gasteiger partial charge in [0, 0.05) is 18.3 Å². The van der Waals surface area contributed by atoms with Gasteiger partial charge in [-0.25, -0.2) is 4.68 Å². The Morgan fingerprint density at radius 2 is 1.96 bits per heavy atom. The summed E-state index contributed by atoms with van der Waals surface area (Å²) in [4.78, 5) is 15.0. The second-order valence-electron chi connectivity index (χ2n) is 7.98. The van der Waals surface area contributed by atoms with Gasteiger partial charge in [-0.2, -0.15) is 5.10 Å². The van der Waals surface area contributed by atoms with Gasteiger partial charge in [0.15, 0.2) is 5.69 Å². The van der Waals surface area contributed by atoms with Crippen molar-refractivity contribution in [2.45, 2.75) is 53.0 Å². The molecule has 1 aromatic carbocycles. The number of likely N-dealkylation sites (tertiary alicyclic amines) is 1. The minimum absolute atomic E-state index is 0.0690. The SMILES string of the molecule is Cc1cc(C(=O)N2CCCC2CC(C)(C)C)nn1-c1ccccc1. The molecule has 0 aliphatic carbocycles. The van der Waals surface area contributed by atoms with Gasteiger partial charge < -0.3 is 4.90 Å². The molecular formula is C20H27N3O. The molecule has 0 saturated carbocycles. The number of aromatic nitrogens is 2. The number of rotatable bonds is 3. The number of aryl methyl sites for hydroxylation is 1. The van der Waals surface area contributed by atoms with Gasteiger partial charge in [0.2, 0.25) is 0 Å². The Morgan fingerprint density at radius 1 is 1.25 bits per heavy atom. The Kier molecular flexibility index (Phi) is 4.48. The number of carbonyl (C=O) groups excluding carboxylic acids is 1. The zero-order valence-electron chi connectivity index (χ0n) is 15.1. The minimum atomic E-state index is 0.0690. The molecule has 0 spiro atoms. The summed E-state index contributed by atoms with van der Waals surface area (Å²) >= 11 is 0. The van der Waals surface area contributed by atoms with Crippen LogP contribution in [-0.2, 0) is 0 Å². The van der Waals surface area contributed by atoms with Crippen LogP contribution < -0.4 is 0 Å². The quantitative estimate of drug-likeness (QED) is 0.847. The fraction of sp³-hybridized carbons (Fsp3) is 0.500. The van der Waals surface area contributed by atoms with Crippen LogP contribution in [0, 0.1) is 12.3 Å². The highest BCUT2D eigenvalue weighted by molar-refractivity contribution is 5.93. The molecular weight excluding hydrogens is 298 g/mol. The molecule has 0 bridgehead atoms. The molecule has 1 aliphatic heterocycles. The lowest BCUT2D eigenvalue weighted by atomic mass is 9.87. The van der Waals surface area contributed by atoms with Crippen molar-refractivity contribution in [2.75, 3.05) is 6.54 Å². The topological polar surface area (TPSA) is 38.1 Å². The number of amides is 1. The highest BCUT2D eigenvalue weighted by Gasteiger charge is 2.33. The van der Waals surface area contributed by atoms with Crippen LogP contribution in [0.15, 0.2) is 36.4 Å². The molecule has 1 saturated heterocycles. The fourth-order valence-electron chi connectivity index (χ4n) is 3.58. The van der Waals surface area contributed by atoms with Crippen LogP contribution in [0.2, 0.25) is 0 Å². The van der Waals surface area contributed by atoms with Gasteiger partial charge in [0.05, 0.1) is 5.69 Å². The summed E-state index contributed by atoms with van der Waals surface area (Å²) in [6, 6.07) is 12.2. The average Bonchev–Trinajstić information content (AvgIpc) is 3.12. The number of nitrogens with zero attached hydrogens (tertiary/aromatic N) is 3. The molecule has 0 radical (unpaired) electrons. The molecule has 2 aromatic rings. The first-order chi connectivity index (χ1) is 11.3. The fourth-order valence-corrected chi connectivity index (χ4v) is 3.58. The Labute approximate surface area is 144 Å². The molecule has 4 nitrogen and oxygen atoms in total.